The Balaban J connectivity index is 1.58. The zero-order valence-corrected chi connectivity index (χ0v) is 18.9. The van der Waals surface area contributed by atoms with Gasteiger partial charge in [0, 0.05) is 6.54 Å². The summed E-state index contributed by atoms with van der Waals surface area (Å²) in [6, 6.07) is 17.4. The fraction of sp³-hybridized carbons (Fsp3) is 0.208. The molecular weight excluding hydrogens is 469 g/mol. The Bertz CT molecular complexity index is 1310. The van der Waals surface area contributed by atoms with Gasteiger partial charge in [-0.1, -0.05) is 36.4 Å². The predicted octanol–water partition coefficient (Wildman–Crippen LogP) is 4.29. The number of carbonyl (C=O) groups is 1. The lowest BCUT2D eigenvalue weighted by Crippen LogP contribution is -2.50. The zero-order valence-electron chi connectivity index (χ0n) is 18.0. The predicted molar refractivity (Wildman–Crippen MR) is 120 cm³/mol. The molecule has 3 aromatic rings. The number of fused-ring (bicyclic) bond motifs is 1. The van der Waals surface area contributed by atoms with Crippen molar-refractivity contribution in [1.29, 1.82) is 0 Å². The first-order valence-electron chi connectivity index (χ1n) is 10.3. The van der Waals surface area contributed by atoms with E-state index < -0.39 is 33.8 Å². The molecule has 1 aliphatic heterocycles. The minimum atomic E-state index is -4.50. The Labute approximate surface area is 195 Å². The van der Waals surface area contributed by atoms with Gasteiger partial charge in [-0.15, -0.1) is 0 Å². The number of nitrogens with one attached hydrogen (secondary N) is 1. The summed E-state index contributed by atoms with van der Waals surface area (Å²) in [4.78, 5) is 12.9. The van der Waals surface area contributed by atoms with E-state index >= 15 is 0 Å². The number of anilines is 1. The van der Waals surface area contributed by atoms with Crippen LogP contribution in [-0.2, 0) is 27.5 Å². The number of aryl methyl sites for hydroxylation is 1. The maximum Gasteiger partial charge on any atom is 0.416 e. The highest BCUT2D eigenvalue weighted by Crippen LogP contribution is 2.37. The molecule has 1 amide bonds. The van der Waals surface area contributed by atoms with Gasteiger partial charge in [-0.05, 0) is 54.4 Å². The normalized spacial score (nSPS) is 15.9. The average Bonchev–Trinajstić information content (AvgIpc) is 2.82. The van der Waals surface area contributed by atoms with Crippen LogP contribution in [0.3, 0.4) is 0 Å². The van der Waals surface area contributed by atoms with Crippen molar-refractivity contribution in [3.63, 3.8) is 0 Å². The van der Waals surface area contributed by atoms with E-state index in [-0.39, 0.29) is 29.3 Å². The SMILES string of the molecule is Cc1ccc2c(c1)N(S(=O)(=O)c1ccccc1)C[C@@H](C(=O)NCc1cccc(C(F)(F)F)c1)O2. The van der Waals surface area contributed by atoms with Gasteiger partial charge in [0.15, 0.2) is 6.10 Å². The number of nitrogens with zero attached hydrogens (tertiary/aromatic N) is 1. The standard InChI is InChI=1S/C24H21F3N2O4S/c1-16-10-11-21-20(12-16)29(34(31,32)19-8-3-2-4-9-19)15-22(33-21)23(30)28-14-17-6-5-7-18(13-17)24(25,26)27/h2-13,22H,14-15H2,1H3,(H,28,30)/t22-/m0/s1. The van der Waals surface area contributed by atoms with Crippen LogP contribution in [0.15, 0.2) is 77.7 Å². The topological polar surface area (TPSA) is 75.7 Å². The van der Waals surface area contributed by atoms with E-state index in [9.17, 15) is 26.4 Å². The number of hydrogen-bond acceptors (Lipinski definition) is 4. The van der Waals surface area contributed by atoms with Crippen molar-refractivity contribution in [2.75, 3.05) is 10.8 Å². The van der Waals surface area contributed by atoms with Gasteiger partial charge >= 0.3 is 6.18 Å². The van der Waals surface area contributed by atoms with E-state index in [1.165, 1.54) is 24.3 Å². The second-order valence-electron chi connectivity index (χ2n) is 7.84. The number of ether oxygens (including phenoxy) is 1. The van der Waals surface area contributed by atoms with Gasteiger partial charge < -0.3 is 10.1 Å². The van der Waals surface area contributed by atoms with Gasteiger partial charge in [-0.2, -0.15) is 13.2 Å². The largest absolute Gasteiger partial charge is 0.476 e. The van der Waals surface area contributed by atoms with Gasteiger partial charge in [-0.25, -0.2) is 8.42 Å². The van der Waals surface area contributed by atoms with Crippen molar-refractivity contribution in [3.8, 4) is 5.75 Å². The third kappa shape index (κ3) is 4.86. The van der Waals surface area contributed by atoms with Crippen molar-refractivity contribution < 1.29 is 31.1 Å². The number of halogens is 3. The van der Waals surface area contributed by atoms with E-state index in [1.807, 2.05) is 6.92 Å². The Morgan fingerprint density at radius 2 is 1.79 bits per heavy atom. The maximum absolute atomic E-state index is 13.4. The molecule has 0 aromatic heterocycles. The van der Waals surface area contributed by atoms with Crippen molar-refractivity contribution in [2.24, 2.45) is 0 Å². The minimum Gasteiger partial charge on any atom is -0.476 e. The molecule has 1 atom stereocenters. The van der Waals surface area contributed by atoms with Crippen LogP contribution in [0.2, 0.25) is 0 Å². The first-order valence-corrected chi connectivity index (χ1v) is 11.8. The van der Waals surface area contributed by atoms with E-state index in [0.29, 0.717) is 5.69 Å². The molecule has 1 aliphatic rings. The summed E-state index contributed by atoms with van der Waals surface area (Å²) in [5.74, 6) is -0.424. The smallest absolute Gasteiger partial charge is 0.416 e. The molecule has 10 heteroatoms. The zero-order chi connectivity index (χ0) is 24.5. The highest BCUT2D eigenvalue weighted by Gasteiger charge is 2.37. The number of amides is 1. The van der Waals surface area contributed by atoms with Gasteiger partial charge in [0.05, 0.1) is 22.7 Å². The number of rotatable bonds is 5. The summed E-state index contributed by atoms with van der Waals surface area (Å²) in [6.45, 7) is 1.35. The fourth-order valence-electron chi connectivity index (χ4n) is 3.61. The third-order valence-electron chi connectivity index (χ3n) is 5.33. The molecule has 6 nitrogen and oxygen atoms in total. The molecule has 0 spiro atoms. The lowest BCUT2D eigenvalue weighted by Gasteiger charge is -2.35. The number of sulfonamides is 1. The molecule has 1 heterocycles. The first kappa shape index (κ1) is 23.6. The highest BCUT2D eigenvalue weighted by molar-refractivity contribution is 7.92. The third-order valence-corrected chi connectivity index (χ3v) is 7.12. The molecule has 1 N–H and O–H groups in total. The number of carbonyl (C=O) groups excluding carboxylic acids is 1. The number of alkyl halides is 3. The Morgan fingerprint density at radius 1 is 1.06 bits per heavy atom. The van der Waals surface area contributed by atoms with Crippen molar-refractivity contribution in [2.45, 2.75) is 30.6 Å². The van der Waals surface area contributed by atoms with Crippen molar-refractivity contribution in [3.05, 3.63) is 89.5 Å². The van der Waals surface area contributed by atoms with Crippen LogP contribution in [0.1, 0.15) is 16.7 Å². The van der Waals surface area contributed by atoms with Crippen LogP contribution in [-0.4, -0.2) is 27.0 Å². The highest BCUT2D eigenvalue weighted by atomic mass is 32.2. The van der Waals surface area contributed by atoms with E-state index in [1.54, 1.807) is 36.4 Å². The fourth-order valence-corrected chi connectivity index (χ4v) is 5.09. The Morgan fingerprint density at radius 3 is 2.50 bits per heavy atom. The van der Waals surface area contributed by atoms with E-state index in [2.05, 4.69) is 5.32 Å². The summed E-state index contributed by atoms with van der Waals surface area (Å²) in [5.41, 5.74) is 0.551. The molecular formula is C24H21F3N2O4S. The molecule has 4 rings (SSSR count). The molecule has 0 saturated carbocycles. The van der Waals surface area contributed by atoms with Crippen LogP contribution >= 0.6 is 0 Å². The summed E-state index contributed by atoms with van der Waals surface area (Å²) in [6.07, 6.45) is -5.69. The molecule has 0 unspecified atom stereocenters. The van der Waals surface area contributed by atoms with E-state index in [4.69, 9.17) is 4.74 Å². The first-order chi connectivity index (χ1) is 16.1. The van der Waals surface area contributed by atoms with Gasteiger partial charge in [0.25, 0.3) is 15.9 Å². The van der Waals surface area contributed by atoms with Gasteiger partial charge in [-0.3, -0.25) is 9.10 Å². The number of benzene rings is 3. The van der Waals surface area contributed by atoms with Crippen LogP contribution < -0.4 is 14.4 Å². The minimum absolute atomic E-state index is 0.0625. The second kappa shape index (κ2) is 9.02. The summed E-state index contributed by atoms with van der Waals surface area (Å²) in [7, 11) is -4.00. The lowest BCUT2D eigenvalue weighted by molar-refractivity contribution is -0.137. The molecule has 3 aromatic carbocycles. The molecule has 0 radical (unpaired) electrons. The molecule has 0 fully saturated rings. The molecule has 0 saturated heterocycles. The van der Waals surface area contributed by atoms with Crippen LogP contribution in [0, 0.1) is 6.92 Å². The molecule has 178 valence electrons. The van der Waals surface area contributed by atoms with Crippen molar-refractivity contribution in [1.82, 2.24) is 5.32 Å². The quantitative estimate of drug-likeness (QED) is 0.579. The molecule has 0 bridgehead atoms. The van der Waals surface area contributed by atoms with Gasteiger partial charge in [0.1, 0.15) is 5.75 Å². The summed E-state index contributed by atoms with van der Waals surface area (Å²) < 4.78 is 72.5. The monoisotopic (exact) mass is 490 g/mol. The average molecular weight is 491 g/mol. The maximum atomic E-state index is 13.4. The van der Waals surface area contributed by atoms with Crippen molar-refractivity contribution >= 4 is 21.6 Å². The second-order valence-corrected chi connectivity index (χ2v) is 9.71. The lowest BCUT2D eigenvalue weighted by atomic mass is 10.1. The number of hydrogen-bond donors (Lipinski definition) is 1. The van der Waals surface area contributed by atoms with Crippen LogP contribution in [0.5, 0.6) is 5.75 Å². The van der Waals surface area contributed by atoms with Crippen LogP contribution in [0.4, 0.5) is 18.9 Å². The summed E-state index contributed by atoms with van der Waals surface area (Å²) >= 11 is 0. The molecule has 34 heavy (non-hydrogen) atoms. The Hall–Kier alpha value is -3.53. The van der Waals surface area contributed by atoms with Crippen LogP contribution in [0.25, 0.3) is 0 Å². The Kier molecular flexibility index (Phi) is 6.26. The van der Waals surface area contributed by atoms with Gasteiger partial charge in [0.2, 0.25) is 0 Å². The summed E-state index contributed by atoms with van der Waals surface area (Å²) in [5, 5.41) is 2.55. The molecule has 0 aliphatic carbocycles. The van der Waals surface area contributed by atoms with E-state index in [0.717, 1.165) is 22.0 Å².